The number of nitrogens with one attached hydrogen (secondary N) is 2. The molecule has 0 unspecified atom stereocenters. The van der Waals surface area contributed by atoms with Crippen molar-refractivity contribution in [2.45, 2.75) is 32.7 Å². The molecule has 0 spiro atoms. The van der Waals surface area contributed by atoms with Gasteiger partial charge >= 0.3 is 0 Å². The summed E-state index contributed by atoms with van der Waals surface area (Å²) < 4.78 is 7.66. The highest BCUT2D eigenvalue weighted by molar-refractivity contribution is 6.02. The minimum absolute atomic E-state index is 0.268. The Bertz CT molecular complexity index is 1540. The molecule has 1 amide bonds. The van der Waals surface area contributed by atoms with Gasteiger partial charge in [-0.05, 0) is 44.1 Å². The summed E-state index contributed by atoms with van der Waals surface area (Å²) in [6, 6.07) is 12.5. The van der Waals surface area contributed by atoms with Crippen LogP contribution in [0.2, 0.25) is 0 Å². The van der Waals surface area contributed by atoms with Gasteiger partial charge < -0.3 is 25.2 Å². The summed E-state index contributed by atoms with van der Waals surface area (Å²) in [4.78, 5) is 26.2. The zero-order valence-electron chi connectivity index (χ0n) is 24.2. The number of fused-ring (bicyclic) bond motifs is 1. The summed E-state index contributed by atoms with van der Waals surface area (Å²) in [6.45, 7) is 12.0. The number of benzene rings is 2. The summed E-state index contributed by atoms with van der Waals surface area (Å²) in [7, 11) is 3.57. The van der Waals surface area contributed by atoms with Crippen molar-refractivity contribution < 1.29 is 9.53 Å². The normalized spacial score (nSPS) is 13.9. The monoisotopic (exact) mass is 554 g/mol. The van der Waals surface area contributed by atoms with Gasteiger partial charge in [-0.1, -0.05) is 32.6 Å². The second-order valence-electron chi connectivity index (χ2n) is 10.2. The topological polar surface area (TPSA) is 100 Å². The van der Waals surface area contributed by atoms with Gasteiger partial charge in [0.2, 0.25) is 5.91 Å². The molecular formula is C31H38N8O2. The van der Waals surface area contributed by atoms with Crippen molar-refractivity contribution in [1.82, 2.24) is 24.6 Å². The first-order chi connectivity index (χ1) is 19.9. The van der Waals surface area contributed by atoms with E-state index in [1.807, 2.05) is 48.3 Å². The first-order valence-electron chi connectivity index (χ1n) is 14.1. The third kappa shape index (κ3) is 6.02. The first kappa shape index (κ1) is 28.1. The Hall–Kier alpha value is -4.44. The van der Waals surface area contributed by atoms with Gasteiger partial charge in [-0.25, -0.2) is 9.97 Å². The molecule has 0 radical (unpaired) electrons. The maximum atomic E-state index is 12.4. The summed E-state index contributed by atoms with van der Waals surface area (Å²) in [6.07, 6.45) is 6.79. The van der Waals surface area contributed by atoms with Gasteiger partial charge in [0.05, 0.1) is 41.6 Å². The third-order valence-corrected chi connectivity index (χ3v) is 7.87. The standard InChI is InChI=1S/C31H38N8O2/c1-6-31(40)36-25-16-26(29(41-5)18-28(25)39-13-11-23(12-14-39)38(7-2)8-3)35-30-17-24(32-20-33-30)21-9-10-22-19-34-37(4)27(22)15-21/h6,9-10,15-20,23H,1,7-8,11-14H2,2-5H3,(H,36,40)(H,32,33,35). The number of ether oxygens (including phenoxy) is 1. The molecule has 214 valence electrons. The average molecular weight is 555 g/mol. The molecule has 0 saturated carbocycles. The number of hydrogen-bond acceptors (Lipinski definition) is 8. The lowest BCUT2D eigenvalue weighted by atomic mass is 10.0. The highest BCUT2D eigenvalue weighted by atomic mass is 16.5. The molecule has 10 heteroatoms. The van der Waals surface area contributed by atoms with Crippen molar-refractivity contribution in [1.29, 1.82) is 0 Å². The van der Waals surface area contributed by atoms with Crippen LogP contribution in [-0.4, -0.2) is 69.9 Å². The number of carbonyl (C=O) groups excluding carboxylic acids is 1. The predicted molar refractivity (Wildman–Crippen MR) is 165 cm³/mol. The van der Waals surface area contributed by atoms with E-state index < -0.39 is 0 Å². The molecule has 2 N–H and O–H groups in total. The Morgan fingerprint density at radius 3 is 2.61 bits per heavy atom. The van der Waals surface area contributed by atoms with Crippen LogP contribution in [-0.2, 0) is 11.8 Å². The lowest BCUT2D eigenvalue weighted by Crippen LogP contribution is -2.45. The van der Waals surface area contributed by atoms with E-state index >= 15 is 0 Å². The number of aromatic nitrogens is 4. The molecule has 2 aromatic heterocycles. The minimum atomic E-state index is -0.268. The molecule has 1 saturated heterocycles. The number of piperidine rings is 1. The molecule has 10 nitrogen and oxygen atoms in total. The Morgan fingerprint density at radius 2 is 1.90 bits per heavy atom. The Balaban J connectivity index is 1.44. The Kier molecular flexibility index (Phi) is 8.49. The average Bonchev–Trinajstić information content (AvgIpc) is 3.38. The van der Waals surface area contributed by atoms with Crippen LogP contribution >= 0.6 is 0 Å². The van der Waals surface area contributed by atoms with Crippen LogP contribution in [0.4, 0.5) is 22.9 Å². The largest absolute Gasteiger partial charge is 0.494 e. The van der Waals surface area contributed by atoms with Crippen molar-refractivity contribution in [3.05, 3.63) is 61.6 Å². The summed E-state index contributed by atoms with van der Waals surface area (Å²) in [5.74, 6) is 0.987. The maximum absolute atomic E-state index is 12.4. The van der Waals surface area contributed by atoms with Gasteiger partial charge in [-0.2, -0.15) is 5.10 Å². The van der Waals surface area contributed by atoms with Crippen LogP contribution in [0.25, 0.3) is 22.2 Å². The van der Waals surface area contributed by atoms with Crippen LogP contribution in [0.5, 0.6) is 5.75 Å². The molecule has 4 aromatic rings. The zero-order chi connectivity index (χ0) is 28.9. The lowest BCUT2D eigenvalue weighted by molar-refractivity contribution is -0.111. The third-order valence-electron chi connectivity index (χ3n) is 7.87. The second kappa shape index (κ2) is 12.4. The number of carbonyl (C=O) groups is 1. The van der Waals surface area contributed by atoms with Gasteiger partial charge in [0.15, 0.2) is 0 Å². The molecule has 3 heterocycles. The molecule has 0 aliphatic carbocycles. The number of rotatable bonds is 10. The first-order valence-corrected chi connectivity index (χ1v) is 14.1. The fraction of sp³-hybridized carbons (Fsp3) is 0.355. The van der Waals surface area contributed by atoms with E-state index in [4.69, 9.17) is 4.74 Å². The molecule has 1 fully saturated rings. The van der Waals surface area contributed by atoms with E-state index in [2.05, 4.69) is 62.0 Å². The number of methoxy groups -OCH3 is 1. The number of amides is 1. The molecule has 1 aliphatic rings. The summed E-state index contributed by atoms with van der Waals surface area (Å²) in [5.41, 5.74) is 5.05. The number of anilines is 4. The summed E-state index contributed by atoms with van der Waals surface area (Å²) in [5, 5.41) is 11.8. The second-order valence-corrected chi connectivity index (χ2v) is 10.2. The van der Waals surface area contributed by atoms with Gasteiger partial charge in [-0.3, -0.25) is 9.48 Å². The van der Waals surface area contributed by atoms with E-state index in [1.54, 1.807) is 7.11 Å². The number of aryl methyl sites for hydroxylation is 1. The fourth-order valence-corrected chi connectivity index (χ4v) is 5.62. The molecule has 1 aliphatic heterocycles. The lowest BCUT2D eigenvalue weighted by Gasteiger charge is -2.39. The van der Waals surface area contributed by atoms with E-state index in [9.17, 15) is 4.79 Å². The van der Waals surface area contributed by atoms with Crippen molar-refractivity contribution >= 4 is 39.7 Å². The van der Waals surface area contributed by atoms with Crippen LogP contribution in [0, 0.1) is 0 Å². The predicted octanol–water partition coefficient (Wildman–Crippen LogP) is 5.22. The molecule has 2 aromatic carbocycles. The minimum Gasteiger partial charge on any atom is -0.494 e. The van der Waals surface area contributed by atoms with Crippen LogP contribution in [0.3, 0.4) is 0 Å². The van der Waals surface area contributed by atoms with Crippen molar-refractivity contribution in [2.24, 2.45) is 7.05 Å². The van der Waals surface area contributed by atoms with Crippen LogP contribution in [0.1, 0.15) is 26.7 Å². The Labute approximate surface area is 241 Å². The molecule has 41 heavy (non-hydrogen) atoms. The van der Waals surface area contributed by atoms with Crippen molar-refractivity contribution in [3.8, 4) is 17.0 Å². The van der Waals surface area contributed by atoms with E-state index in [-0.39, 0.29) is 5.91 Å². The quantitative estimate of drug-likeness (QED) is 0.258. The van der Waals surface area contributed by atoms with Gasteiger partial charge in [0.1, 0.15) is 17.9 Å². The number of hydrogen-bond donors (Lipinski definition) is 2. The van der Waals surface area contributed by atoms with Crippen LogP contribution < -0.4 is 20.3 Å². The molecule has 5 rings (SSSR count). The SMILES string of the molecule is C=CC(=O)Nc1cc(Nc2cc(-c3ccc4cnn(C)c4c3)ncn2)c(OC)cc1N1CCC(N(CC)CC)CC1. The van der Waals surface area contributed by atoms with Gasteiger partial charge in [0, 0.05) is 49.3 Å². The Morgan fingerprint density at radius 1 is 1.12 bits per heavy atom. The van der Waals surface area contributed by atoms with Gasteiger partial charge in [0.25, 0.3) is 0 Å². The highest BCUT2D eigenvalue weighted by Crippen LogP contribution is 2.40. The van der Waals surface area contributed by atoms with Gasteiger partial charge in [-0.15, -0.1) is 0 Å². The maximum Gasteiger partial charge on any atom is 0.247 e. The number of nitrogens with zero attached hydrogens (tertiary/aromatic N) is 6. The molecule has 0 atom stereocenters. The fourth-order valence-electron chi connectivity index (χ4n) is 5.62. The van der Waals surface area contributed by atoms with E-state index in [0.29, 0.717) is 29.0 Å². The van der Waals surface area contributed by atoms with Crippen molar-refractivity contribution in [3.63, 3.8) is 0 Å². The smallest absolute Gasteiger partial charge is 0.247 e. The molecular weight excluding hydrogens is 516 g/mol. The zero-order valence-corrected chi connectivity index (χ0v) is 24.2. The van der Waals surface area contributed by atoms with Crippen molar-refractivity contribution in [2.75, 3.05) is 48.8 Å². The van der Waals surface area contributed by atoms with Crippen LogP contribution in [0.15, 0.2) is 61.6 Å². The van der Waals surface area contributed by atoms with E-state index in [0.717, 1.165) is 66.9 Å². The molecule has 0 bridgehead atoms. The summed E-state index contributed by atoms with van der Waals surface area (Å²) >= 11 is 0. The highest BCUT2D eigenvalue weighted by Gasteiger charge is 2.26. The van der Waals surface area contributed by atoms with E-state index in [1.165, 1.54) is 12.4 Å².